The highest BCUT2D eigenvalue weighted by Crippen LogP contribution is 2.32. The molecule has 1 fully saturated rings. The summed E-state index contributed by atoms with van der Waals surface area (Å²) < 4.78 is 32.1. The molecule has 1 amide bonds. The number of anilines is 1. The molecule has 3 rings (SSSR count). The molecule has 0 aliphatic carbocycles. The summed E-state index contributed by atoms with van der Waals surface area (Å²) in [5.74, 6) is -0.662. The van der Waals surface area contributed by atoms with E-state index in [1.165, 1.54) is 23.4 Å². The number of amides is 1. The van der Waals surface area contributed by atoms with E-state index < -0.39 is 32.6 Å². The van der Waals surface area contributed by atoms with E-state index in [0.29, 0.717) is 18.8 Å². The van der Waals surface area contributed by atoms with Crippen molar-refractivity contribution in [2.45, 2.75) is 30.8 Å². The van der Waals surface area contributed by atoms with Crippen LogP contribution in [0.5, 0.6) is 5.75 Å². The number of nitrogens with zero attached hydrogens (tertiary/aromatic N) is 2. The number of sulfonamides is 1. The Morgan fingerprint density at radius 2 is 1.83 bits per heavy atom. The molecule has 1 heterocycles. The van der Waals surface area contributed by atoms with Gasteiger partial charge in [0.15, 0.2) is 11.9 Å². The van der Waals surface area contributed by atoms with E-state index in [0.717, 1.165) is 18.9 Å². The van der Waals surface area contributed by atoms with Crippen molar-refractivity contribution in [1.82, 2.24) is 4.31 Å². The first-order valence-corrected chi connectivity index (χ1v) is 10.5. The Bertz CT molecular complexity index is 1000. The van der Waals surface area contributed by atoms with Gasteiger partial charge in [-0.2, -0.15) is 4.31 Å². The third kappa shape index (κ3) is 4.72. The highest BCUT2D eigenvalue weighted by atomic mass is 32.2. The Labute approximate surface area is 168 Å². The van der Waals surface area contributed by atoms with Crippen molar-refractivity contribution in [3.05, 3.63) is 58.6 Å². The first-order chi connectivity index (χ1) is 13.8. The first-order valence-electron chi connectivity index (χ1n) is 9.10. The number of hydrogen-bond acceptors (Lipinski definition) is 6. The van der Waals surface area contributed by atoms with Crippen LogP contribution >= 0.6 is 0 Å². The zero-order chi connectivity index (χ0) is 21.0. The Morgan fingerprint density at radius 1 is 1.17 bits per heavy atom. The van der Waals surface area contributed by atoms with E-state index in [1.54, 1.807) is 30.3 Å². The zero-order valence-electron chi connectivity index (χ0n) is 15.8. The summed E-state index contributed by atoms with van der Waals surface area (Å²) in [7, 11) is -3.80. The van der Waals surface area contributed by atoms with Crippen LogP contribution in [-0.2, 0) is 14.8 Å². The van der Waals surface area contributed by atoms with Crippen molar-refractivity contribution in [3.8, 4) is 5.75 Å². The monoisotopic (exact) mass is 419 g/mol. The summed E-state index contributed by atoms with van der Waals surface area (Å²) >= 11 is 0. The maximum atomic E-state index is 12.7. The number of benzene rings is 2. The molecule has 1 saturated heterocycles. The molecule has 1 atom stereocenters. The summed E-state index contributed by atoms with van der Waals surface area (Å²) in [5, 5.41) is 14.1. The van der Waals surface area contributed by atoms with Gasteiger partial charge in [0, 0.05) is 24.8 Å². The third-order valence-corrected chi connectivity index (χ3v) is 6.44. The van der Waals surface area contributed by atoms with Crippen molar-refractivity contribution < 1.29 is 22.9 Å². The van der Waals surface area contributed by atoms with Crippen molar-refractivity contribution in [1.29, 1.82) is 0 Å². The Balaban J connectivity index is 1.80. The van der Waals surface area contributed by atoms with Crippen LogP contribution in [-0.4, -0.2) is 42.7 Å². The van der Waals surface area contributed by atoms with Crippen LogP contribution in [0.1, 0.15) is 19.8 Å². The van der Waals surface area contributed by atoms with Crippen LogP contribution in [0.4, 0.5) is 11.4 Å². The first kappa shape index (κ1) is 20.7. The number of rotatable bonds is 7. The summed E-state index contributed by atoms with van der Waals surface area (Å²) in [5.41, 5.74) is 0.0548. The molecule has 0 aromatic heterocycles. The fraction of sp³-hybridized carbons (Fsp3) is 0.316. The number of nitrogens with one attached hydrogen (secondary N) is 1. The van der Waals surface area contributed by atoms with Crippen molar-refractivity contribution in [2.24, 2.45) is 0 Å². The fourth-order valence-electron chi connectivity index (χ4n) is 2.99. The SMILES string of the molecule is CC(Oc1ccc(S(=O)(=O)N2CCCC2)cc1[N+](=O)[O-])C(=O)Nc1ccccc1. The minimum Gasteiger partial charge on any atom is -0.474 e. The van der Waals surface area contributed by atoms with E-state index >= 15 is 0 Å². The average Bonchev–Trinajstić information content (AvgIpc) is 3.24. The summed E-state index contributed by atoms with van der Waals surface area (Å²) in [6.07, 6.45) is 0.488. The molecular weight excluding hydrogens is 398 g/mol. The molecule has 154 valence electrons. The number of nitro benzene ring substituents is 1. The van der Waals surface area contributed by atoms with Crippen LogP contribution in [0.25, 0.3) is 0 Å². The topological polar surface area (TPSA) is 119 Å². The van der Waals surface area contributed by atoms with Gasteiger partial charge in [0.1, 0.15) is 0 Å². The Morgan fingerprint density at radius 3 is 2.45 bits per heavy atom. The van der Waals surface area contributed by atoms with Gasteiger partial charge >= 0.3 is 5.69 Å². The predicted molar refractivity (Wildman–Crippen MR) is 106 cm³/mol. The number of carbonyl (C=O) groups excluding carboxylic acids is 1. The smallest absolute Gasteiger partial charge is 0.312 e. The van der Waals surface area contributed by atoms with Gasteiger partial charge in [0.2, 0.25) is 10.0 Å². The van der Waals surface area contributed by atoms with Crippen molar-refractivity contribution in [2.75, 3.05) is 18.4 Å². The lowest BCUT2D eigenvalue weighted by Crippen LogP contribution is -2.30. The van der Waals surface area contributed by atoms with E-state index in [1.807, 2.05) is 0 Å². The largest absolute Gasteiger partial charge is 0.474 e. The van der Waals surface area contributed by atoms with E-state index in [-0.39, 0.29) is 10.6 Å². The highest BCUT2D eigenvalue weighted by molar-refractivity contribution is 7.89. The van der Waals surface area contributed by atoms with Gasteiger partial charge in [-0.05, 0) is 44.0 Å². The number of carbonyl (C=O) groups is 1. The number of para-hydroxylation sites is 1. The number of ether oxygens (including phenoxy) is 1. The molecule has 2 aromatic rings. The predicted octanol–water partition coefficient (Wildman–Crippen LogP) is 2.79. The van der Waals surface area contributed by atoms with E-state index in [4.69, 9.17) is 4.74 Å². The summed E-state index contributed by atoms with van der Waals surface area (Å²) in [4.78, 5) is 22.9. The normalized spacial score (nSPS) is 15.6. The minimum absolute atomic E-state index is 0.167. The van der Waals surface area contributed by atoms with Gasteiger partial charge in [-0.15, -0.1) is 0 Å². The fourth-order valence-corrected chi connectivity index (χ4v) is 4.52. The van der Waals surface area contributed by atoms with Crippen molar-refractivity contribution in [3.63, 3.8) is 0 Å². The Kier molecular flexibility index (Phi) is 6.14. The molecule has 10 heteroatoms. The maximum Gasteiger partial charge on any atom is 0.312 e. The average molecular weight is 419 g/mol. The lowest BCUT2D eigenvalue weighted by atomic mass is 10.2. The molecule has 9 nitrogen and oxygen atoms in total. The molecule has 1 aliphatic heterocycles. The van der Waals surface area contributed by atoms with E-state index in [9.17, 15) is 23.3 Å². The van der Waals surface area contributed by atoms with Gasteiger partial charge in [0.25, 0.3) is 5.91 Å². The standard InChI is InChI=1S/C19H21N3O6S/c1-14(19(23)20-15-7-3-2-4-8-15)28-18-10-9-16(13-17(18)22(24)25)29(26,27)21-11-5-6-12-21/h2-4,7-10,13-14H,5-6,11-12H2,1H3,(H,20,23). The molecule has 1 N–H and O–H groups in total. The second kappa shape index (κ2) is 8.58. The third-order valence-electron chi connectivity index (χ3n) is 4.54. The molecule has 1 unspecified atom stereocenters. The van der Waals surface area contributed by atoms with Gasteiger partial charge < -0.3 is 10.1 Å². The minimum atomic E-state index is -3.80. The van der Waals surface area contributed by atoms with Crippen LogP contribution < -0.4 is 10.1 Å². The Hall–Kier alpha value is -2.98. The molecule has 29 heavy (non-hydrogen) atoms. The van der Waals surface area contributed by atoms with Crippen LogP contribution in [0.15, 0.2) is 53.4 Å². The summed E-state index contributed by atoms with van der Waals surface area (Å²) in [6, 6.07) is 12.2. The quantitative estimate of drug-likeness (QED) is 0.544. The molecule has 0 saturated carbocycles. The maximum absolute atomic E-state index is 12.7. The van der Waals surface area contributed by atoms with Crippen molar-refractivity contribution >= 4 is 27.3 Å². The van der Waals surface area contributed by atoms with Crippen LogP contribution in [0.3, 0.4) is 0 Å². The van der Waals surface area contributed by atoms with Gasteiger partial charge in [0.05, 0.1) is 9.82 Å². The molecule has 0 spiro atoms. The lowest BCUT2D eigenvalue weighted by Gasteiger charge is -2.17. The van der Waals surface area contributed by atoms with Gasteiger partial charge in [-0.3, -0.25) is 14.9 Å². The zero-order valence-corrected chi connectivity index (χ0v) is 16.6. The molecule has 0 bridgehead atoms. The lowest BCUT2D eigenvalue weighted by molar-refractivity contribution is -0.386. The summed E-state index contributed by atoms with van der Waals surface area (Å²) in [6.45, 7) is 2.24. The number of nitro groups is 1. The second-order valence-corrected chi connectivity index (χ2v) is 8.55. The molecule has 1 aliphatic rings. The second-order valence-electron chi connectivity index (χ2n) is 6.61. The molecular formula is C19H21N3O6S. The van der Waals surface area contributed by atoms with Crippen LogP contribution in [0.2, 0.25) is 0 Å². The van der Waals surface area contributed by atoms with Gasteiger partial charge in [-0.25, -0.2) is 8.42 Å². The van der Waals surface area contributed by atoms with Crippen LogP contribution in [0, 0.1) is 10.1 Å². The van der Waals surface area contributed by atoms with E-state index in [2.05, 4.69) is 5.32 Å². The number of hydrogen-bond donors (Lipinski definition) is 1. The molecule has 2 aromatic carbocycles. The molecule has 0 radical (unpaired) electrons. The highest BCUT2D eigenvalue weighted by Gasteiger charge is 2.30. The van der Waals surface area contributed by atoms with Gasteiger partial charge in [-0.1, -0.05) is 18.2 Å².